The van der Waals surface area contributed by atoms with Gasteiger partial charge >= 0.3 is 5.97 Å². The van der Waals surface area contributed by atoms with Crippen molar-refractivity contribution >= 4 is 5.97 Å². The van der Waals surface area contributed by atoms with Gasteiger partial charge in [0.2, 0.25) is 0 Å². The third-order valence-corrected chi connectivity index (χ3v) is 4.28. The lowest BCUT2D eigenvalue weighted by atomic mass is 9.89. The van der Waals surface area contributed by atoms with Crippen LogP contribution in [0, 0.1) is 5.92 Å². The van der Waals surface area contributed by atoms with Crippen molar-refractivity contribution < 1.29 is 14.6 Å². The normalized spacial score (nSPS) is 31.5. The van der Waals surface area contributed by atoms with Crippen molar-refractivity contribution in [2.45, 2.75) is 90.3 Å². The van der Waals surface area contributed by atoms with Crippen LogP contribution >= 0.6 is 0 Å². The Labute approximate surface area is 117 Å². The van der Waals surface area contributed by atoms with Crippen molar-refractivity contribution in [1.82, 2.24) is 0 Å². The van der Waals surface area contributed by atoms with Gasteiger partial charge in [-0.1, -0.05) is 26.7 Å². The van der Waals surface area contributed by atoms with Crippen LogP contribution in [0.15, 0.2) is 0 Å². The van der Waals surface area contributed by atoms with Crippen LogP contribution in [0.5, 0.6) is 0 Å². The van der Waals surface area contributed by atoms with E-state index in [0.29, 0.717) is 0 Å². The molecule has 0 heterocycles. The number of hydrogen-bond donors (Lipinski definition) is 1. The first-order chi connectivity index (χ1) is 8.94. The van der Waals surface area contributed by atoms with E-state index in [0.717, 1.165) is 57.8 Å². The zero-order valence-corrected chi connectivity index (χ0v) is 12.8. The molecule has 112 valence electrons. The fourth-order valence-corrected chi connectivity index (χ4v) is 2.60. The average Bonchev–Trinajstić information content (AvgIpc) is 2.36. The predicted octanol–water partition coefficient (Wildman–Crippen LogP) is 3.83. The fourth-order valence-electron chi connectivity index (χ4n) is 2.60. The van der Waals surface area contributed by atoms with Gasteiger partial charge in [-0.15, -0.1) is 0 Å². The van der Waals surface area contributed by atoms with E-state index >= 15 is 0 Å². The van der Waals surface area contributed by atoms with E-state index in [-0.39, 0.29) is 18.0 Å². The first-order valence-electron chi connectivity index (χ1n) is 7.87. The molecule has 3 atom stereocenters. The molecular formula is C16H30O3. The summed E-state index contributed by atoms with van der Waals surface area (Å²) in [7, 11) is 0. The molecule has 1 aliphatic rings. The molecule has 0 aromatic carbocycles. The minimum atomic E-state index is -0.539. The maximum absolute atomic E-state index is 11.9. The Balaban J connectivity index is 2.46. The maximum atomic E-state index is 11.9. The predicted molar refractivity (Wildman–Crippen MR) is 76.9 cm³/mol. The molecule has 1 aliphatic carbocycles. The lowest BCUT2D eigenvalue weighted by Gasteiger charge is -2.27. The van der Waals surface area contributed by atoms with Crippen molar-refractivity contribution in [3.05, 3.63) is 0 Å². The summed E-state index contributed by atoms with van der Waals surface area (Å²) in [5, 5.41) is 10.2. The van der Waals surface area contributed by atoms with E-state index in [1.807, 2.05) is 20.8 Å². The summed E-state index contributed by atoms with van der Waals surface area (Å²) in [6.45, 7) is 5.86. The average molecular weight is 270 g/mol. The van der Waals surface area contributed by atoms with Crippen molar-refractivity contribution in [3.8, 4) is 0 Å². The lowest BCUT2D eigenvalue weighted by molar-refractivity contribution is -0.154. The van der Waals surface area contributed by atoms with E-state index in [1.165, 1.54) is 0 Å². The van der Waals surface area contributed by atoms with Crippen molar-refractivity contribution in [3.63, 3.8) is 0 Å². The van der Waals surface area contributed by atoms with Gasteiger partial charge in [0.15, 0.2) is 0 Å². The second-order valence-corrected chi connectivity index (χ2v) is 6.36. The van der Waals surface area contributed by atoms with E-state index in [1.54, 1.807) is 0 Å². The van der Waals surface area contributed by atoms with Crippen LogP contribution in [-0.2, 0) is 9.53 Å². The number of hydrogen-bond acceptors (Lipinski definition) is 3. The Kier molecular flexibility index (Phi) is 6.84. The van der Waals surface area contributed by atoms with Gasteiger partial charge in [0.05, 0.1) is 11.5 Å². The highest BCUT2D eigenvalue weighted by atomic mass is 16.5. The largest absolute Gasteiger partial charge is 0.462 e. The Hall–Kier alpha value is -0.570. The van der Waals surface area contributed by atoms with Gasteiger partial charge in [-0.25, -0.2) is 0 Å². The van der Waals surface area contributed by atoms with E-state index < -0.39 is 5.60 Å². The first kappa shape index (κ1) is 16.5. The molecule has 19 heavy (non-hydrogen) atoms. The quantitative estimate of drug-likeness (QED) is 0.793. The number of rotatable bonds is 3. The van der Waals surface area contributed by atoms with E-state index in [9.17, 15) is 9.90 Å². The molecule has 1 rings (SSSR count). The molecule has 1 N–H and O–H groups in total. The summed E-state index contributed by atoms with van der Waals surface area (Å²) in [5.41, 5.74) is -0.539. The van der Waals surface area contributed by atoms with Gasteiger partial charge in [0, 0.05) is 0 Å². The minimum Gasteiger partial charge on any atom is -0.462 e. The highest BCUT2D eigenvalue weighted by Crippen LogP contribution is 2.26. The number of carbonyl (C=O) groups excluding carboxylic acids is 1. The number of esters is 1. The summed E-state index contributed by atoms with van der Waals surface area (Å²) >= 11 is 0. The van der Waals surface area contributed by atoms with Gasteiger partial charge in [0.25, 0.3) is 0 Å². The van der Waals surface area contributed by atoms with Gasteiger partial charge in [0.1, 0.15) is 6.10 Å². The van der Waals surface area contributed by atoms with Gasteiger partial charge in [-0.3, -0.25) is 4.79 Å². The van der Waals surface area contributed by atoms with E-state index in [2.05, 4.69) is 0 Å². The van der Waals surface area contributed by atoms with Crippen molar-refractivity contribution in [2.24, 2.45) is 5.92 Å². The molecule has 0 saturated heterocycles. The topological polar surface area (TPSA) is 46.5 Å². The van der Waals surface area contributed by atoms with Crippen molar-refractivity contribution in [1.29, 1.82) is 0 Å². The highest BCUT2D eigenvalue weighted by molar-refractivity contribution is 5.72. The monoisotopic (exact) mass is 270 g/mol. The molecule has 3 nitrogen and oxygen atoms in total. The molecule has 0 aliphatic heterocycles. The second kappa shape index (κ2) is 7.88. The maximum Gasteiger partial charge on any atom is 0.308 e. The smallest absolute Gasteiger partial charge is 0.308 e. The summed E-state index contributed by atoms with van der Waals surface area (Å²) in [6, 6.07) is 0. The van der Waals surface area contributed by atoms with Crippen molar-refractivity contribution in [2.75, 3.05) is 0 Å². The van der Waals surface area contributed by atoms with Gasteiger partial charge in [-0.2, -0.15) is 0 Å². The molecule has 3 heteroatoms. The number of aliphatic hydroxyl groups is 1. The van der Waals surface area contributed by atoms with Crippen LogP contribution in [0.2, 0.25) is 0 Å². The van der Waals surface area contributed by atoms with Crippen LogP contribution < -0.4 is 0 Å². The zero-order chi connectivity index (χ0) is 14.3. The minimum absolute atomic E-state index is 0.00138. The third kappa shape index (κ3) is 6.42. The molecule has 0 spiro atoms. The lowest BCUT2D eigenvalue weighted by Crippen LogP contribution is -2.27. The molecular weight excluding hydrogens is 240 g/mol. The SMILES string of the molecule is CCC(C)C(=O)OC1CCCCCC(C)(O)CCC1. The molecule has 3 unspecified atom stereocenters. The first-order valence-corrected chi connectivity index (χ1v) is 7.87. The van der Waals surface area contributed by atoms with Gasteiger partial charge in [-0.05, 0) is 51.9 Å². The molecule has 0 aromatic heterocycles. The summed E-state index contributed by atoms with van der Waals surface area (Å²) in [4.78, 5) is 11.9. The summed E-state index contributed by atoms with van der Waals surface area (Å²) in [6.07, 6.45) is 8.67. The molecule has 0 aromatic rings. The van der Waals surface area contributed by atoms with E-state index in [4.69, 9.17) is 4.74 Å². The molecule has 1 saturated carbocycles. The van der Waals surface area contributed by atoms with Crippen LogP contribution in [0.4, 0.5) is 0 Å². The standard InChI is InChI=1S/C16H30O3/c1-4-13(2)15(17)19-14-9-6-5-7-11-16(3,18)12-8-10-14/h13-14,18H,4-12H2,1-3H3. The highest BCUT2D eigenvalue weighted by Gasteiger charge is 2.23. The zero-order valence-electron chi connectivity index (χ0n) is 12.8. The van der Waals surface area contributed by atoms with Crippen LogP contribution in [0.25, 0.3) is 0 Å². The van der Waals surface area contributed by atoms with Crippen LogP contribution in [-0.4, -0.2) is 22.8 Å². The molecule has 1 fully saturated rings. The summed E-state index contributed by atoms with van der Waals surface area (Å²) < 4.78 is 5.62. The second-order valence-electron chi connectivity index (χ2n) is 6.36. The van der Waals surface area contributed by atoms with Gasteiger partial charge < -0.3 is 9.84 Å². The number of ether oxygens (including phenoxy) is 1. The Morgan fingerprint density at radius 3 is 2.58 bits per heavy atom. The Morgan fingerprint density at radius 1 is 1.26 bits per heavy atom. The number of carbonyl (C=O) groups is 1. The van der Waals surface area contributed by atoms with Crippen LogP contribution in [0.1, 0.15) is 78.6 Å². The third-order valence-electron chi connectivity index (χ3n) is 4.28. The molecule has 0 radical (unpaired) electrons. The molecule has 0 amide bonds. The summed E-state index contributed by atoms with van der Waals surface area (Å²) in [5.74, 6) is -0.0603. The Morgan fingerprint density at radius 2 is 1.89 bits per heavy atom. The molecule has 0 bridgehead atoms. The fraction of sp³-hybridized carbons (Fsp3) is 0.938. The Bertz CT molecular complexity index is 273. The van der Waals surface area contributed by atoms with Crippen LogP contribution in [0.3, 0.4) is 0 Å².